The second-order valence-corrected chi connectivity index (χ2v) is 12.5. The average molecular weight is 270 g/mol. The third kappa shape index (κ3) is 3.48. The molecule has 1 spiro atoms. The summed E-state index contributed by atoms with van der Waals surface area (Å²) in [5, 5.41) is 3.55. The number of amides is 1. The first-order chi connectivity index (χ1) is 8.40. The second-order valence-electron chi connectivity index (χ2n) is 6.91. The highest BCUT2D eigenvalue weighted by molar-refractivity contribution is 6.76. The van der Waals surface area contributed by atoms with Gasteiger partial charge in [-0.05, 0) is 25.3 Å². The van der Waals surface area contributed by atoms with Crippen molar-refractivity contribution in [2.75, 3.05) is 26.2 Å². The highest BCUT2D eigenvalue weighted by Gasteiger charge is 2.41. The molecule has 0 atom stereocenters. The normalized spacial score (nSPS) is 22.7. The summed E-state index contributed by atoms with van der Waals surface area (Å²) in [4.78, 5) is 13.9. The Balaban J connectivity index is 1.75. The molecule has 0 aromatic rings. The molecule has 0 unspecified atom stereocenters. The quantitative estimate of drug-likeness (QED) is 0.800. The fourth-order valence-electron chi connectivity index (χ4n) is 2.59. The molecule has 1 saturated carbocycles. The minimum Gasteiger partial charge on any atom is -0.450 e. The third-order valence-corrected chi connectivity index (χ3v) is 5.73. The topological polar surface area (TPSA) is 41.6 Å². The lowest BCUT2D eigenvalue weighted by atomic mass is 9.75. The van der Waals surface area contributed by atoms with E-state index in [0.29, 0.717) is 6.61 Å². The van der Waals surface area contributed by atoms with Crippen molar-refractivity contribution in [2.45, 2.75) is 50.5 Å². The van der Waals surface area contributed by atoms with Crippen LogP contribution in [0.4, 0.5) is 4.79 Å². The summed E-state index contributed by atoms with van der Waals surface area (Å²) in [6.07, 6.45) is 3.57. The fraction of sp³-hybridized carbons (Fsp3) is 0.923. The maximum absolute atomic E-state index is 12.0. The van der Waals surface area contributed by atoms with Crippen molar-refractivity contribution < 1.29 is 9.53 Å². The van der Waals surface area contributed by atoms with Gasteiger partial charge in [-0.2, -0.15) is 0 Å². The lowest BCUT2D eigenvalue weighted by Gasteiger charge is -2.49. The molecule has 0 aromatic carbocycles. The summed E-state index contributed by atoms with van der Waals surface area (Å²) >= 11 is 0. The van der Waals surface area contributed by atoms with Crippen LogP contribution in [0.3, 0.4) is 0 Å². The molecule has 1 aliphatic carbocycles. The molecule has 2 rings (SSSR count). The number of ether oxygens (including phenoxy) is 1. The van der Waals surface area contributed by atoms with Crippen LogP contribution in [-0.4, -0.2) is 50.8 Å². The summed E-state index contributed by atoms with van der Waals surface area (Å²) < 4.78 is 5.41. The maximum atomic E-state index is 12.0. The molecule has 1 heterocycles. The number of hydrogen-bond acceptors (Lipinski definition) is 3. The van der Waals surface area contributed by atoms with Gasteiger partial charge in [-0.15, -0.1) is 0 Å². The van der Waals surface area contributed by atoms with Gasteiger partial charge in [-0.3, -0.25) is 0 Å². The van der Waals surface area contributed by atoms with Crippen LogP contribution >= 0.6 is 0 Å². The van der Waals surface area contributed by atoms with Gasteiger partial charge in [0.25, 0.3) is 0 Å². The zero-order chi connectivity index (χ0) is 13.2. The molecule has 1 amide bonds. The van der Waals surface area contributed by atoms with E-state index in [-0.39, 0.29) is 11.6 Å². The van der Waals surface area contributed by atoms with Crippen LogP contribution in [0.1, 0.15) is 19.3 Å². The Morgan fingerprint density at radius 2 is 2.11 bits per heavy atom. The van der Waals surface area contributed by atoms with Crippen LogP contribution in [0.25, 0.3) is 0 Å². The van der Waals surface area contributed by atoms with Crippen molar-refractivity contribution in [3.8, 4) is 0 Å². The Bertz CT molecular complexity index is 311. The predicted octanol–water partition coefficient (Wildman–Crippen LogP) is 2.29. The van der Waals surface area contributed by atoms with Crippen LogP contribution in [-0.2, 0) is 4.74 Å². The van der Waals surface area contributed by atoms with E-state index in [2.05, 4.69) is 25.0 Å². The van der Waals surface area contributed by atoms with Gasteiger partial charge in [0.2, 0.25) is 0 Å². The van der Waals surface area contributed by atoms with Gasteiger partial charge >= 0.3 is 6.09 Å². The first-order valence-corrected chi connectivity index (χ1v) is 10.8. The van der Waals surface area contributed by atoms with Crippen LogP contribution in [0, 0.1) is 0 Å². The fourth-order valence-corrected chi connectivity index (χ4v) is 3.30. The monoisotopic (exact) mass is 270 g/mol. The Kier molecular flexibility index (Phi) is 4.01. The predicted molar refractivity (Wildman–Crippen MR) is 75.7 cm³/mol. The van der Waals surface area contributed by atoms with E-state index >= 15 is 0 Å². The molecule has 2 fully saturated rings. The van der Waals surface area contributed by atoms with E-state index in [0.717, 1.165) is 25.7 Å². The molecule has 1 saturated heterocycles. The minimum atomic E-state index is -1.11. The molecule has 0 radical (unpaired) electrons. The van der Waals surface area contributed by atoms with Crippen LogP contribution in [0.5, 0.6) is 0 Å². The summed E-state index contributed by atoms with van der Waals surface area (Å²) in [6, 6.07) is 1.05. The van der Waals surface area contributed by atoms with E-state index in [1.165, 1.54) is 19.3 Å². The van der Waals surface area contributed by atoms with Crippen molar-refractivity contribution in [2.24, 2.45) is 0 Å². The molecule has 0 bridgehead atoms. The lowest BCUT2D eigenvalue weighted by Crippen LogP contribution is -2.64. The summed E-state index contributed by atoms with van der Waals surface area (Å²) in [6.45, 7) is 10.0. The zero-order valence-electron chi connectivity index (χ0n) is 11.9. The van der Waals surface area contributed by atoms with Crippen molar-refractivity contribution in [3.63, 3.8) is 0 Å². The Morgan fingerprint density at radius 3 is 2.67 bits per heavy atom. The molecule has 18 heavy (non-hydrogen) atoms. The van der Waals surface area contributed by atoms with Crippen molar-refractivity contribution >= 4 is 14.2 Å². The van der Waals surface area contributed by atoms with Gasteiger partial charge in [0, 0.05) is 33.2 Å². The Hall–Kier alpha value is -0.553. The molecular weight excluding hydrogens is 244 g/mol. The maximum Gasteiger partial charge on any atom is 0.409 e. The summed E-state index contributed by atoms with van der Waals surface area (Å²) in [5.41, 5.74) is 0.218. The Morgan fingerprint density at radius 1 is 1.39 bits per heavy atom. The number of piperazine rings is 1. The van der Waals surface area contributed by atoms with E-state index in [9.17, 15) is 4.79 Å². The van der Waals surface area contributed by atoms with Gasteiger partial charge in [0.05, 0.1) is 6.61 Å². The van der Waals surface area contributed by atoms with E-state index < -0.39 is 8.07 Å². The number of nitrogens with zero attached hydrogens (tertiary/aromatic N) is 1. The zero-order valence-corrected chi connectivity index (χ0v) is 12.9. The molecule has 4 nitrogen and oxygen atoms in total. The number of nitrogens with one attached hydrogen (secondary N) is 1. The second kappa shape index (κ2) is 5.21. The molecule has 0 aromatic heterocycles. The largest absolute Gasteiger partial charge is 0.450 e. The number of carbonyl (C=O) groups excluding carboxylic acids is 1. The molecule has 1 N–H and O–H groups in total. The van der Waals surface area contributed by atoms with E-state index in [1.807, 2.05) is 4.90 Å². The number of rotatable bonds is 3. The lowest BCUT2D eigenvalue weighted by molar-refractivity contribution is 0.0502. The van der Waals surface area contributed by atoms with Crippen LogP contribution < -0.4 is 5.32 Å². The number of hydrogen-bond donors (Lipinski definition) is 1. The van der Waals surface area contributed by atoms with Gasteiger partial charge in [-0.25, -0.2) is 4.79 Å². The summed E-state index contributed by atoms with van der Waals surface area (Å²) in [5.74, 6) is 0. The Labute approximate surface area is 111 Å². The SMILES string of the molecule is C[Si](C)(C)CCOC(=O)N1CCNC2(CCC2)C1. The van der Waals surface area contributed by atoms with Crippen LogP contribution in [0.15, 0.2) is 0 Å². The molecule has 104 valence electrons. The summed E-state index contributed by atoms with van der Waals surface area (Å²) in [7, 11) is -1.11. The first-order valence-electron chi connectivity index (χ1n) is 7.07. The highest BCUT2D eigenvalue weighted by atomic mass is 28.3. The van der Waals surface area contributed by atoms with Crippen molar-refractivity contribution in [3.05, 3.63) is 0 Å². The number of carbonyl (C=O) groups is 1. The highest BCUT2D eigenvalue weighted by Crippen LogP contribution is 2.34. The molecule has 1 aliphatic heterocycles. The minimum absolute atomic E-state index is 0.110. The van der Waals surface area contributed by atoms with E-state index in [1.54, 1.807) is 0 Å². The molecular formula is C13H26N2O2Si. The van der Waals surface area contributed by atoms with Gasteiger partial charge in [0.15, 0.2) is 0 Å². The van der Waals surface area contributed by atoms with Crippen molar-refractivity contribution in [1.82, 2.24) is 10.2 Å². The third-order valence-electron chi connectivity index (χ3n) is 4.02. The van der Waals surface area contributed by atoms with Gasteiger partial charge < -0.3 is 15.0 Å². The molecule has 5 heteroatoms. The van der Waals surface area contributed by atoms with Gasteiger partial charge in [0.1, 0.15) is 0 Å². The first kappa shape index (κ1) is 13.9. The van der Waals surface area contributed by atoms with Gasteiger partial charge in [-0.1, -0.05) is 19.6 Å². The average Bonchev–Trinajstić information content (AvgIpc) is 2.25. The van der Waals surface area contributed by atoms with E-state index in [4.69, 9.17) is 4.74 Å². The van der Waals surface area contributed by atoms with Crippen molar-refractivity contribution in [1.29, 1.82) is 0 Å². The van der Waals surface area contributed by atoms with Crippen LogP contribution in [0.2, 0.25) is 25.7 Å². The smallest absolute Gasteiger partial charge is 0.409 e. The standard InChI is InChI=1S/C13H26N2O2Si/c1-18(2,3)10-9-17-12(16)15-8-7-14-13(11-15)5-4-6-13/h14H,4-11H2,1-3H3. The molecule has 2 aliphatic rings.